The van der Waals surface area contributed by atoms with Crippen LogP contribution in [-0.4, -0.2) is 39.8 Å². The minimum absolute atomic E-state index is 0. The molecule has 28 heavy (non-hydrogen) atoms. The maximum Gasteiger partial charge on any atom is 0.417 e. The Morgan fingerprint density at radius 2 is 2.07 bits per heavy atom. The Bertz CT molecular complexity index is 799. The van der Waals surface area contributed by atoms with Crippen molar-refractivity contribution in [1.82, 2.24) is 25.4 Å². The Hall–Kier alpha value is -2.13. The van der Waals surface area contributed by atoms with E-state index in [4.69, 9.17) is 0 Å². The van der Waals surface area contributed by atoms with Crippen LogP contribution in [0.3, 0.4) is 0 Å². The number of hydrogen-bond acceptors (Lipinski definition) is 4. The van der Waals surface area contributed by atoms with Crippen LogP contribution in [0.1, 0.15) is 54.2 Å². The molecule has 6 nitrogen and oxygen atoms in total. The number of piperidine rings is 1. The third-order valence-corrected chi connectivity index (χ3v) is 4.52. The van der Waals surface area contributed by atoms with Crippen LogP contribution in [0.15, 0.2) is 24.5 Å². The summed E-state index contributed by atoms with van der Waals surface area (Å²) in [6, 6.07) is 2.27. The smallest absolute Gasteiger partial charge is 0.348 e. The van der Waals surface area contributed by atoms with Gasteiger partial charge in [-0.2, -0.15) is 18.3 Å². The molecule has 2 aromatic heterocycles. The fourth-order valence-corrected chi connectivity index (χ4v) is 3.19. The summed E-state index contributed by atoms with van der Waals surface area (Å²) in [6.45, 7) is 5.46. The molecule has 0 aromatic carbocycles. The second-order valence-electron chi connectivity index (χ2n) is 6.93. The van der Waals surface area contributed by atoms with Gasteiger partial charge >= 0.3 is 6.18 Å². The van der Waals surface area contributed by atoms with Gasteiger partial charge in [0.2, 0.25) is 0 Å². The molecule has 1 fully saturated rings. The molecule has 1 aliphatic heterocycles. The van der Waals surface area contributed by atoms with Gasteiger partial charge in [-0.05, 0) is 37.4 Å². The molecule has 0 unspecified atom stereocenters. The van der Waals surface area contributed by atoms with E-state index in [1.54, 1.807) is 0 Å². The fourth-order valence-electron chi connectivity index (χ4n) is 3.19. The van der Waals surface area contributed by atoms with E-state index in [-0.39, 0.29) is 36.1 Å². The second-order valence-corrected chi connectivity index (χ2v) is 6.93. The van der Waals surface area contributed by atoms with E-state index >= 15 is 0 Å². The summed E-state index contributed by atoms with van der Waals surface area (Å²) in [7, 11) is 0. The molecule has 2 aromatic rings. The van der Waals surface area contributed by atoms with Gasteiger partial charge in [0.25, 0.3) is 5.91 Å². The zero-order chi connectivity index (χ0) is 19.6. The van der Waals surface area contributed by atoms with Crippen molar-refractivity contribution >= 4 is 18.3 Å². The maximum atomic E-state index is 12.7. The van der Waals surface area contributed by atoms with Crippen LogP contribution in [0.25, 0.3) is 5.82 Å². The van der Waals surface area contributed by atoms with Gasteiger partial charge in [-0.25, -0.2) is 9.67 Å². The molecule has 0 spiro atoms. The SMILES string of the molecule is CC(C)c1c(C(=O)N[C@H]2CCCNC2)cnn1-c1ccc(C(F)(F)F)cn1.Cl. The molecular weight excluding hydrogens is 395 g/mol. The maximum absolute atomic E-state index is 12.7. The molecule has 3 rings (SSSR count). The van der Waals surface area contributed by atoms with Gasteiger partial charge in [-0.3, -0.25) is 4.79 Å². The molecule has 0 saturated carbocycles. The van der Waals surface area contributed by atoms with E-state index in [0.29, 0.717) is 11.3 Å². The number of alkyl halides is 3. The lowest BCUT2D eigenvalue weighted by molar-refractivity contribution is -0.137. The Morgan fingerprint density at radius 3 is 2.61 bits per heavy atom. The van der Waals surface area contributed by atoms with E-state index in [9.17, 15) is 18.0 Å². The Morgan fingerprint density at radius 1 is 1.32 bits per heavy atom. The third-order valence-electron chi connectivity index (χ3n) is 4.52. The third kappa shape index (κ3) is 4.82. The molecule has 1 aliphatic rings. The molecule has 0 radical (unpaired) electrons. The summed E-state index contributed by atoms with van der Waals surface area (Å²) < 4.78 is 39.7. The van der Waals surface area contributed by atoms with Crippen LogP contribution in [-0.2, 0) is 6.18 Å². The number of carbonyl (C=O) groups is 1. The highest BCUT2D eigenvalue weighted by molar-refractivity contribution is 5.95. The van der Waals surface area contributed by atoms with Crippen molar-refractivity contribution in [2.24, 2.45) is 0 Å². The number of hydrogen-bond donors (Lipinski definition) is 2. The zero-order valence-electron chi connectivity index (χ0n) is 15.6. The number of amides is 1. The predicted molar refractivity (Wildman–Crippen MR) is 101 cm³/mol. The van der Waals surface area contributed by atoms with Crippen molar-refractivity contribution in [2.45, 2.75) is 44.8 Å². The van der Waals surface area contributed by atoms with Crippen molar-refractivity contribution in [2.75, 3.05) is 13.1 Å². The monoisotopic (exact) mass is 417 g/mol. The van der Waals surface area contributed by atoms with Crippen molar-refractivity contribution in [3.63, 3.8) is 0 Å². The standard InChI is InChI=1S/C18H22F3N5O.ClH/c1-11(2)16-14(17(27)25-13-4-3-7-22-9-13)10-24-26(16)15-6-5-12(8-23-15)18(19,20)21;/h5-6,8,10-11,13,22H,3-4,7,9H2,1-2H3,(H,25,27);1H/t13-;/m0./s1. The minimum atomic E-state index is -4.45. The molecule has 0 bridgehead atoms. The minimum Gasteiger partial charge on any atom is -0.348 e. The fraction of sp³-hybridized carbons (Fsp3) is 0.500. The largest absolute Gasteiger partial charge is 0.417 e. The lowest BCUT2D eigenvalue weighted by Crippen LogP contribution is -2.45. The summed E-state index contributed by atoms with van der Waals surface area (Å²) in [6.07, 6.45) is -0.328. The molecule has 1 amide bonds. The molecule has 1 atom stereocenters. The number of nitrogens with zero attached hydrogens (tertiary/aromatic N) is 3. The van der Waals surface area contributed by atoms with Crippen LogP contribution in [0, 0.1) is 0 Å². The highest BCUT2D eigenvalue weighted by atomic mass is 35.5. The van der Waals surface area contributed by atoms with Crippen LogP contribution in [0.4, 0.5) is 13.2 Å². The normalized spacial score (nSPS) is 17.3. The summed E-state index contributed by atoms with van der Waals surface area (Å²) in [5.74, 6) is -0.0579. The van der Waals surface area contributed by atoms with Gasteiger partial charge in [-0.15, -0.1) is 12.4 Å². The van der Waals surface area contributed by atoms with E-state index in [1.165, 1.54) is 16.9 Å². The van der Waals surface area contributed by atoms with Crippen LogP contribution < -0.4 is 10.6 Å². The van der Waals surface area contributed by atoms with E-state index in [0.717, 1.165) is 38.2 Å². The van der Waals surface area contributed by atoms with E-state index < -0.39 is 11.7 Å². The number of halogens is 4. The van der Waals surface area contributed by atoms with Crippen molar-refractivity contribution in [3.05, 3.63) is 41.3 Å². The van der Waals surface area contributed by atoms with Crippen LogP contribution in [0.5, 0.6) is 0 Å². The number of carbonyl (C=O) groups excluding carboxylic acids is 1. The molecule has 2 N–H and O–H groups in total. The first-order valence-electron chi connectivity index (χ1n) is 8.90. The quantitative estimate of drug-likeness (QED) is 0.800. The highest BCUT2D eigenvalue weighted by Crippen LogP contribution is 2.29. The predicted octanol–water partition coefficient (Wildman–Crippen LogP) is 3.31. The summed E-state index contributed by atoms with van der Waals surface area (Å²) in [4.78, 5) is 16.6. The molecule has 3 heterocycles. The first-order chi connectivity index (χ1) is 12.8. The van der Waals surface area contributed by atoms with Crippen LogP contribution in [0.2, 0.25) is 0 Å². The van der Waals surface area contributed by atoms with Gasteiger partial charge in [-0.1, -0.05) is 13.8 Å². The lowest BCUT2D eigenvalue weighted by atomic mass is 10.0. The van der Waals surface area contributed by atoms with Crippen LogP contribution >= 0.6 is 12.4 Å². The Labute approximate surface area is 167 Å². The molecule has 1 saturated heterocycles. The van der Waals surface area contributed by atoms with Gasteiger partial charge < -0.3 is 10.6 Å². The highest BCUT2D eigenvalue weighted by Gasteiger charge is 2.31. The molecule has 0 aliphatic carbocycles. The van der Waals surface area contributed by atoms with Gasteiger partial charge in [0.1, 0.15) is 0 Å². The number of pyridine rings is 1. The topological polar surface area (TPSA) is 71.8 Å². The number of nitrogens with one attached hydrogen (secondary N) is 2. The lowest BCUT2D eigenvalue weighted by Gasteiger charge is -2.24. The molecule has 154 valence electrons. The average molecular weight is 418 g/mol. The van der Waals surface area contributed by atoms with Gasteiger partial charge in [0.05, 0.1) is 23.0 Å². The average Bonchev–Trinajstić information content (AvgIpc) is 3.07. The van der Waals surface area contributed by atoms with Gasteiger partial charge in [0, 0.05) is 18.8 Å². The van der Waals surface area contributed by atoms with E-state index in [2.05, 4.69) is 20.7 Å². The Kier molecular flexibility index (Phi) is 7.06. The molecular formula is C18H23ClF3N5O. The second kappa shape index (κ2) is 8.91. The summed E-state index contributed by atoms with van der Waals surface area (Å²) in [5.41, 5.74) is 0.202. The summed E-state index contributed by atoms with van der Waals surface area (Å²) >= 11 is 0. The van der Waals surface area contributed by atoms with E-state index in [1.807, 2.05) is 13.8 Å². The summed E-state index contributed by atoms with van der Waals surface area (Å²) in [5, 5.41) is 10.5. The van der Waals surface area contributed by atoms with Crippen molar-refractivity contribution < 1.29 is 18.0 Å². The zero-order valence-corrected chi connectivity index (χ0v) is 16.4. The van der Waals surface area contributed by atoms with Crippen molar-refractivity contribution in [3.8, 4) is 5.82 Å². The Balaban J connectivity index is 0.00000280. The van der Waals surface area contributed by atoms with Crippen molar-refractivity contribution in [1.29, 1.82) is 0 Å². The van der Waals surface area contributed by atoms with Gasteiger partial charge in [0.15, 0.2) is 5.82 Å². The number of aromatic nitrogens is 3. The number of rotatable bonds is 4. The molecule has 10 heteroatoms. The first kappa shape index (κ1) is 22.2. The first-order valence-corrected chi connectivity index (χ1v) is 8.90.